The molecule has 0 heterocycles. The van der Waals surface area contributed by atoms with E-state index in [0.717, 1.165) is 17.1 Å². The number of halogens is 1. The molecule has 4 heteroatoms. The Balaban J connectivity index is 2.52. The molecule has 1 aromatic rings. The first-order valence-electron chi connectivity index (χ1n) is 5.31. The second-order valence-electron chi connectivity index (χ2n) is 3.99. The zero-order chi connectivity index (χ0) is 12.1. The molecule has 0 bridgehead atoms. The average molecular weight is 260 g/mol. The summed E-state index contributed by atoms with van der Waals surface area (Å²) in [4.78, 5) is 0. The van der Waals surface area contributed by atoms with Gasteiger partial charge in [-0.1, -0.05) is 23.7 Å². The van der Waals surface area contributed by atoms with Gasteiger partial charge >= 0.3 is 0 Å². The normalized spacial score (nSPS) is 16.8. The predicted octanol–water partition coefficient (Wildman–Crippen LogP) is 2.76. The maximum Gasteiger partial charge on any atom is 0.0441 e. The van der Waals surface area contributed by atoms with Gasteiger partial charge in [-0.25, -0.2) is 0 Å². The minimum atomic E-state index is -0.776. The fourth-order valence-electron chi connectivity index (χ4n) is 1.35. The second-order valence-corrected chi connectivity index (χ2v) is 6.23. The summed E-state index contributed by atoms with van der Waals surface area (Å²) in [7, 11) is -0.776. The van der Waals surface area contributed by atoms with E-state index >= 15 is 0 Å². The third-order valence-electron chi connectivity index (χ3n) is 2.63. The third-order valence-corrected chi connectivity index (χ3v) is 4.16. The molecule has 3 unspecified atom stereocenters. The van der Waals surface area contributed by atoms with Gasteiger partial charge in [0, 0.05) is 39.9 Å². The van der Waals surface area contributed by atoms with Crippen molar-refractivity contribution in [2.75, 3.05) is 12.8 Å². The SMILES string of the molecule is CC(NCC(C)S(C)=O)c1cccc(Cl)c1. The number of rotatable bonds is 5. The van der Waals surface area contributed by atoms with Crippen LogP contribution >= 0.6 is 11.6 Å². The van der Waals surface area contributed by atoms with Crippen molar-refractivity contribution in [1.82, 2.24) is 5.32 Å². The largest absolute Gasteiger partial charge is 0.309 e. The molecule has 16 heavy (non-hydrogen) atoms. The van der Waals surface area contributed by atoms with Gasteiger partial charge in [-0.3, -0.25) is 4.21 Å². The quantitative estimate of drug-likeness (QED) is 0.881. The Hall–Kier alpha value is -0.380. The molecule has 0 fully saturated rings. The van der Waals surface area contributed by atoms with E-state index in [9.17, 15) is 4.21 Å². The summed E-state index contributed by atoms with van der Waals surface area (Å²) in [6.07, 6.45) is 1.73. The van der Waals surface area contributed by atoms with Crippen LogP contribution in [0.15, 0.2) is 24.3 Å². The minimum Gasteiger partial charge on any atom is -0.309 e. The van der Waals surface area contributed by atoms with Gasteiger partial charge < -0.3 is 5.32 Å². The van der Waals surface area contributed by atoms with Gasteiger partial charge in [0.15, 0.2) is 0 Å². The summed E-state index contributed by atoms with van der Waals surface area (Å²) in [5.74, 6) is 0. The molecule has 0 amide bonds. The van der Waals surface area contributed by atoms with Crippen LogP contribution in [0.5, 0.6) is 0 Å². The van der Waals surface area contributed by atoms with Crippen molar-refractivity contribution in [2.24, 2.45) is 0 Å². The van der Waals surface area contributed by atoms with Crippen LogP contribution in [-0.2, 0) is 10.8 Å². The molecular weight excluding hydrogens is 242 g/mol. The molecule has 1 N–H and O–H groups in total. The van der Waals surface area contributed by atoms with Crippen molar-refractivity contribution in [3.8, 4) is 0 Å². The molecule has 3 atom stereocenters. The maximum atomic E-state index is 11.2. The maximum absolute atomic E-state index is 11.2. The highest BCUT2D eigenvalue weighted by Crippen LogP contribution is 2.17. The van der Waals surface area contributed by atoms with Crippen molar-refractivity contribution < 1.29 is 4.21 Å². The van der Waals surface area contributed by atoms with E-state index in [1.165, 1.54) is 0 Å². The molecule has 0 aliphatic carbocycles. The zero-order valence-corrected chi connectivity index (χ0v) is 11.4. The molecule has 90 valence electrons. The van der Waals surface area contributed by atoms with Crippen LogP contribution in [0, 0.1) is 0 Å². The van der Waals surface area contributed by atoms with E-state index < -0.39 is 10.8 Å². The predicted molar refractivity (Wildman–Crippen MR) is 71.4 cm³/mol. The molecular formula is C12H18ClNOS. The van der Waals surface area contributed by atoms with E-state index in [0.29, 0.717) is 0 Å². The number of benzene rings is 1. The highest BCUT2D eigenvalue weighted by Gasteiger charge is 2.09. The van der Waals surface area contributed by atoms with Crippen LogP contribution in [0.1, 0.15) is 25.5 Å². The number of hydrogen-bond acceptors (Lipinski definition) is 2. The van der Waals surface area contributed by atoms with Crippen molar-refractivity contribution >= 4 is 22.4 Å². The Kier molecular flexibility index (Phi) is 5.46. The monoisotopic (exact) mass is 259 g/mol. The highest BCUT2D eigenvalue weighted by atomic mass is 35.5. The molecule has 0 spiro atoms. The molecule has 0 radical (unpaired) electrons. The first-order chi connectivity index (χ1) is 7.50. The van der Waals surface area contributed by atoms with Gasteiger partial charge in [0.1, 0.15) is 0 Å². The first kappa shape index (κ1) is 13.7. The average Bonchev–Trinajstić information content (AvgIpc) is 2.25. The Morgan fingerprint density at radius 2 is 2.12 bits per heavy atom. The first-order valence-corrected chi connectivity index (χ1v) is 7.31. The summed E-state index contributed by atoms with van der Waals surface area (Å²) < 4.78 is 11.2. The van der Waals surface area contributed by atoms with Crippen LogP contribution in [0.4, 0.5) is 0 Å². The standard InChI is InChI=1S/C12H18ClNOS/c1-9(16(3)15)8-14-10(2)11-5-4-6-12(13)7-11/h4-7,9-10,14H,8H2,1-3H3. The van der Waals surface area contributed by atoms with Crippen molar-refractivity contribution in [3.63, 3.8) is 0 Å². The van der Waals surface area contributed by atoms with Crippen LogP contribution in [-0.4, -0.2) is 22.3 Å². The van der Waals surface area contributed by atoms with E-state index in [4.69, 9.17) is 11.6 Å². The van der Waals surface area contributed by atoms with Crippen molar-refractivity contribution in [3.05, 3.63) is 34.9 Å². The Labute approximate surface area is 105 Å². The zero-order valence-electron chi connectivity index (χ0n) is 9.87. The molecule has 0 saturated heterocycles. The molecule has 0 aliphatic rings. The lowest BCUT2D eigenvalue weighted by Gasteiger charge is -2.17. The van der Waals surface area contributed by atoms with E-state index in [-0.39, 0.29) is 11.3 Å². The van der Waals surface area contributed by atoms with E-state index in [1.54, 1.807) is 6.26 Å². The van der Waals surface area contributed by atoms with Crippen LogP contribution in [0.3, 0.4) is 0 Å². The van der Waals surface area contributed by atoms with Gasteiger partial charge in [0.25, 0.3) is 0 Å². The molecule has 1 aromatic carbocycles. The summed E-state index contributed by atoms with van der Waals surface area (Å²) in [6.45, 7) is 4.81. The lowest BCUT2D eigenvalue weighted by Crippen LogP contribution is -2.29. The van der Waals surface area contributed by atoms with Crippen molar-refractivity contribution in [1.29, 1.82) is 0 Å². The van der Waals surface area contributed by atoms with Gasteiger partial charge in [-0.2, -0.15) is 0 Å². The minimum absolute atomic E-state index is 0.168. The Morgan fingerprint density at radius 3 is 2.69 bits per heavy atom. The van der Waals surface area contributed by atoms with Crippen LogP contribution < -0.4 is 5.32 Å². The Bertz CT molecular complexity index is 370. The molecule has 0 aromatic heterocycles. The van der Waals surface area contributed by atoms with Crippen LogP contribution in [0.2, 0.25) is 5.02 Å². The van der Waals surface area contributed by atoms with Crippen LogP contribution in [0.25, 0.3) is 0 Å². The number of nitrogens with one attached hydrogen (secondary N) is 1. The fraction of sp³-hybridized carbons (Fsp3) is 0.500. The molecule has 0 saturated carbocycles. The van der Waals surface area contributed by atoms with E-state index in [2.05, 4.69) is 12.2 Å². The lowest BCUT2D eigenvalue weighted by molar-refractivity contribution is 0.569. The van der Waals surface area contributed by atoms with Gasteiger partial charge in [0.2, 0.25) is 0 Å². The molecule has 2 nitrogen and oxygen atoms in total. The summed E-state index contributed by atoms with van der Waals surface area (Å²) in [5.41, 5.74) is 1.15. The summed E-state index contributed by atoms with van der Waals surface area (Å²) >= 11 is 5.93. The van der Waals surface area contributed by atoms with Gasteiger partial charge in [-0.05, 0) is 31.5 Å². The topological polar surface area (TPSA) is 29.1 Å². The van der Waals surface area contributed by atoms with Gasteiger partial charge in [-0.15, -0.1) is 0 Å². The lowest BCUT2D eigenvalue weighted by atomic mass is 10.1. The smallest absolute Gasteiger partial charge is 0.0441 e. The van der Waals surface area contributed by atoms with Gasteiger partial charge in [0.05, 0.1) is 0 Å². The summed E-state index contributed by atoms with van der Waals surface area (Å²) in [6, 6.07) is 8.02. The third kappa shape index (κ3) is 4.24. The van der Waals surface area contributed by atoms with E-state index in [1.807, 2.05) is 31.2 Å². The number of hydrogen-bond donors (Lipinski definition) is 1. The molecule has 0 aliphatic heterocycles. The summed E-state index contributed by atoms with van der Waals surface area (Å²) in [5, 5.41) is 4.27. The fourth-order valence-corrected chi connectivity index (χ4v) is 1.88. The Morgan fingerprint density at radius 1 is 1.44 bits per heavy atom. The molecule has 1 rings (SSSR count). The van der Waals surface area contributed by atoms with Crippen molar-refractivity contribution in [2.45, 2.75) is 25.1 Å². The highest BCUT2D eigenvalue weighted by molar-refractivity contribution is 7.84. The second kappa shape index (κ2) is 6.38.